The molecule has 0 spiro atoms. The van der Waals surface area contributed by atoms with E-state index in [0.717, 1.165) is 16.8 Å². The lowest BCUT2D eigenvalue weighted by Crippen LogP contribution is -2.20. The molecule has 3 N–H and O–H groups in total. The van der Waals surface area contributed by atoms with E-state index in [9.17, 15) is 9.90 Å². The Morgan fingerprint density at radius 1 is 0.947 bits per heavy atom. The van der Waals surface area contributed by atoms with Crippen LogP contribution in [-0.4, -0.2) is 11.1 Å². The molecule has 2 rings (SSSR count). The quantitative estimate of drug-likeness (QED) is 0.718. The van der Waals surface area contributed by atoms with Crippen LogP contribution in [0, 0.1) is 13.8 Å². The summed E-state index contributed by atoms with van der Waals surface area (Å²) in [5, 5.41) is 15.1. The van der Waals surface area contributed by atoms with E-state index in [2.05, 4.69) is 10.6 Å². The summed E-state index contributed by atoms with van der Waals surface area (Å²) in [6.07, 6.45) is 0. The van der Waals surface area contributed by atoms with Crippen LogP contribution in [0.25, 0.3) is 0 Å². The first-order chi connectivity index (χ1) is 9.08. The van der Waals surface area contributed by atoms with E-state index in [-0.39, 0.29) is 11.8 Å². The lowest BCUT2D eigenvalue weighted by molar-refractivity contribution is 0.262. The number of phenolic OH excluding ortho intramolecular Hbond substituents is 1. The van der Waals surface area contributed by atoms with E-state index in [1.807, 2.05) is 44.2 Å². The Labute approximate surface area is 112 Å². The van der Waals surface area contributed by atoms with Crippen LogP contribution in [-0.2, 0) is 0 Å². The maximum absolute atomic E-state index is 11.8. The van der Waals surface area contributed by atoms with E-state index >= 15 is 0 Å². The predicted molar refractivity (Wildman–Crippen MR) is 76.7 cm³/mol. The average molecular weight is 256 g/mol. The van der Waals surface area contributed by atoms with E-state index in [1.54, 1.807) is 12.1 Å². The zero-order valence-electron chi connectivity index (χ0n) is 10.9. The van der Waals surface area contributed by atoms with Gasteiger partial charge in [-0.05, 0) is 49.2 Å². The monoisotopic (exact) mass is 256 g/mol. The number of para-hydroxylation sites is 1. The molecule has 98 valence electrons. The minimum atomic E-state index is -0.306. The van der Waals surface area contributed by atoms with Gasteiger partial charge in [-0.3, -0.25) is 0 Å². The standard InChI is InChI=1S/C15H16N2O2/c1-10-11(2)14(18)9-8-13(10)17-15(19)16-12-6-4-3-5-7-12/h3-9,18H,1-2H3,(H2,16,17,19). The number of anilines is 2. The molecule has 0 aliphatic carbocycles. The molecule has 19 heavy (non-hydrogen) atoms. The van der Waals surface area contributed by atoms with Crippen LogP contribution in [0.1, 0.15) is 11.1 Å². The van der Waals surface area contributed by atoms with Crippen molar-refractivity contribution >= 4 is 17.4 Å². The molecule has 0 aliphatic heterocycles. The number of nitrogens with one attached hydrogen (secondary N) is 2. The highest BCUT2D eigenvalue weighted by atomic mass is 16.3. The highest BCUT2D eigenvalue weighted by molar-refractivity contribution is 6.00. The SMILES string of the molecule is Cc1c(O)ccc(NC(=O)Nc2ccccc2)c1C. The Kier molecular flexibility index (Phi) is 3.71. The van der Waals surface area contributed by atoms with Crippen molar-refractivity contribution in [2.24, 2.45) is 0 Å². The van der Waals surface area contributed by atoms with Crippen LogP contribution in [0.5, 0.6) is 5.75 Å². The number of hydrogen-bond donors (Lipinski definition) is 3. The van der Waals surface area contributed by atoms with Crippen molar-refractivity contribution in [1.82, 2.24) is 0 Å². The van der Waals surface area contributed by atoms with Crippen molar-refractivity contribution in [3.05, 3.63) is 53.6 Å². The fraction of sp³-hybridized carbons (Fsp3) is 0.133. The molecular weight excluding hydrogens is 240 g/mol. The van der Waals surface area contributed by atoms with Gasteiger partial charge >= 0.3 is 6.03 Å². The molecule has 0 aromatic heterocycles. The fourth-order valence-corrected chi connectivity index (χ4v) is 1.75. The number of carbonyl (C=O) groups is 1. The maximum Gasteiger partial charge on any atom is 0.323 e. The summed E-state index contributed by atoms with van der Waals surface area (Å²) in [7, 11) is 0. The van der Waals surface area contributed by atoms with Crippen molar-refractivity contribution in [2.45, 2.75) is 13.8 Å². The van der Waals surface area contributed by atoms with Gasteiger partial charge in [0.15, 0.2) is 0 Å². The summed E-state index contributed by atoms with van der Waals surface area (Å²) in [6.45, 7) is 3.66. The lowest BCUT2D eigenvalue weighted by atomic mass is 10.1. The van der Waals surface area contributed by atoms with Gasteiger partial charge in [-0.2, -0.15) is 0 Å². The van der Waals surface area contributed by atoms with E-state index in [4.69, 9.17) is 0 Å². The van der Waals surface area contributed by atoms with Gasteiger partial charge in [0.1, 0.15) is 5.75 Å². The molecular formula is C15H16N2O2. The van der Waals surface area contributed by atoms with Gasteiger partial charge in [-0.25, -0.2) is 4.79 Å². The van der Waals surface area contributed by atoms with Crippen LogP contribution in [0.4, 0.5) is 16.2 Å². The zero-order valence-corrected chi connectivity index (χ0v) is 10.9. The van der Waals surface area contributed by atoms with Gasteiger partial charge < -0.3 is 15.7 Å². The zero-order chi connectivity index (χ0) is 13.8. The van der Waals surface area contributed by atoms with Crippen LogP contribution in [0.3, 0.4) is 0 Å². The molecule has 0 heterocycles. The predicted octanol–water partition coefficient (Wildman–Crippen LogP) is 3.65. The Balaban J connectivity index is 2.10. The molecule has 0 saturated carbocycles. The van der Waals surface area contributed by atoms with Crippen LogP contribution < -0.4 is 10.6 Å². The minimum absolute atomic E-state index is 0.228. The van der Waals surface area contributed by atoms with Crippen molar-refractivity contribution in [3.8, 4) is 5.75 Å². The van der Waals surface area contributed by atoms with Gasteiger partial charge in [0, 0.05) is 11.4 Å². The molecule has 2 aromatic carbocycles. The van der Waals surface area contributed by atoms with Gasteiger partial charge in [-0.1, -0.05) is 18.2 Å². The Morgan fingerprint density at radius 3 is 2.32 bits per heavy atom. The largest absolute Gasteiger partial charge is 0.508 e. The number of hydrogen-bond acceptors (Lipinski definition) is 2. The minimum Gasteiger partial charge on any atom is -0.508 e. The number of phenols is 1. The molecule has 0 radical (unpaired) electrons. The number of rotatable bonds is 2. The van der Waals surface area contributed by atoms with Crippen molar-refractivity contribution in [3.63, 3.8) is 0 Å². The third-order valence-corrected chi connectivity index (χ3v) is 3.04. The smallest absolute Gasteiger partial charge is 0.323 e. The Hall–Kier alpha value is -2.49. The number of carbonyl (C=O) groups excluding carboxylic acids is 1. The summed E-state index contributed by atoms with van der Waals surface area (Å²) in [6, 6.07) is 12.2. The normalized spacial score (nSPS) is 10.0. The molecule has 0 unspecified atom stereocenters. The van der Waals surface area contributed by atoms with Crippen LogP contribution >= 0.6 is 0 Å². The second-order valence-corrected chi connectivity index (χ2v) is 4.33. The lowest BCUT2D eigenvalue weighted by Gasteiger charge is -2.12. The summed E-state index contributed by atoms with van der Waals surface area (Å²) in [4.78, 5) is 11.8. The fourth-order valence-electron chi connectivity index (χ4n) is 1.75. The Morgan fingerprint density at radius 2 is 1.63 bits per heavy atom. The van der Waals surface area contributed by atoms with Crippen molar-refractivity contribution in [2.75, 3.05) is 10.6 Å². The van der Waals surface area contributed by atoms with Crippen molar-refractivity contribution in [1.29, 1.82) is 0 Å². The number of amides is 2. The summed E-state index contributed by atoms with van der Waals surface area (Å²) >= 11 is 0. The topological polar surface area (TPSA) is 61.4 Å². The molecule has 2 amide bonds. The summed E-state index contributed by atoms with van der Waals surface area (Å²) in [5.41, 5.74) is 3.03. The first-order valence-electron chi connectivity index (χ1n) is 6.00. The second kappa shape index (κ2) is 5.44. The highest BCUT2D eigenvalue weighted by Crippen LogP contribution is 2.26. The van der Waals surface area contributed by atoms with Crippen molar-refractivity contribution < 1.29 is 9.90 Å². The third kappa shape index (κ3) is 3.04. The molecule has 4 heteroatoms. The molecule has 0 saturated heterocycles. The number of benzene rings is 2. The van der Waals surface area contributed by atoms with Gasteiger partial charge in [0.25, 0.3) is 0 Å². The molecule has 0 bridgehead atoms. The first-order valence-corrected chi connectivity index (χ1v) is 6.00. The number of urea groups is 1. The number of aromatic hydroxyl groups is 1. The first kappa shape index (κ1) is 13.0. The molecule has 0 fully saturated rings. The van der Waals surface area contributed by atoms with E-state index in [0.29, 0.717) is 5.69 Å². The second-order valence-electron chi connectivity index (χ2n) is 4.33. The molecule has 0 atom stereocenters. The highest BCUT2D eigenvalue weighted by Gasteiger charge is 2.08. The van der Waals surface area contributed by atoms with Gasteiger partial charge in [0.05, 0.1) is 0 Å². The third-order valence-electron chi connectivity index (χ3n) is 3.04. The summed E-state index contributed by atoms with van der Waals surface area (Å²) < 4.78 is 0. The van der Waals surface area contributed by atoms with E-state index in [1.165, 1.54) is 0 Å². The van der Waals surface area contributed by atoms with Crippen LogP contribution in [0.2, 0.25) is 0 Å². The Bertz CT molecular complexity index is 595. The maximum atomic E-state index is 11.8. The van der Waals surface area contributed by atoms with E-state index < -0.39 is 0 Å². The molecule has 0 aliphatic rings. The van der Waals surface area contributed by atoms with Gasteiger partial charge in [0.2, 0.25) is 0 Å². The molecule has 2 aromatic rings. The molecule has 4 nitrogen and oxygen atoms in total. The average Bonchev–Trinajstić information content (AvgIpc) is 2.41. The van der Waals surface area contributed by atoms with Gasteiger partial charge in [-0.15, -0.1) is 0 Å². The summed E-state index contributed by atoms with van der Waals surface area (Å²) in [5.74, 6) is 0.228. The van der Waals surface area contributed by atoms with Crippen LogP contribution in [0.15, 0.2) is 42.5 Å².